The molecule has 0 aliphatic carbocycles. The van der Waals surface area contributed by atoms with Gasteiger partial charge >= 0.3 is 0 Å². The molecule has 0 fully saturated rings. The number of aromatic amines is 2. The molecule has 0 saturated heterocycles. The third kappa shape index (κ3) is 5.00. The minimum atomic E-state index is 0. The second-order valence-electron chi connectivity index (χ2n) is 2.49. The molecule has 2 aromatic rings. The Labute approximate surface area is 97.6 Å². The topological polar surface area (TPSA) is 65.7 Å². The van der Waals surface area contributed by atoms with Gasteiger partial charge in [0.25, 0.3) is 0 Å². The first-order valence-corrected chi connectivity index (χ1v) is 4.04. The Kier molecular flexibility index (Phi) is 6.97. The number of aldehydes is 2. The zero-order valence-corrected chi connectivity index (χ0v) is 8.99. The number of H-pyrrole nitrogens is 2. The van der Waals surface area contributed by atoms with Crippen molar-refractivity contribution in [2.45, 2.75) is 0 Å². The van der Waals surface area contributed by atoms with Gasteiger partial charge in [-0.15, -0.1) is 0 Å². The van der Waals surface area contributed by atoms with Crippen molar-refractivity contribution in [2.75, 3.05) is 0 Å². The van der Waals surface area contributed by atoms with Crippen LogP contribution in [-0.4, -0.2) is 22.5 Å². The molecule has 0 bridgehead atoms. The average Bonchev–Trinajstić information content (AvgIpc) is 2.92. The molecule has 0 amide bonds. The summed E-state index contributed by atoms with van der Waals surface area (Å²) in [7, 11) is 0. The van der Waals surface area contributed by atoms with E-state index in [1.165, 1.54) is 0 Å². The van der Waals surface area contributed by atoms with Crippen LogP contribution >= 0.6 is 0 Å². The fourth-order valence-corrected chi connectivity index (χ4v) is 0.835. The molecule has 0 unspecified atom stereocenters. The molecular formula is C10H10MnN2O2. The summed E-state index contributed by atoms with van der Waals surface area (Å²) in [4.78, 5) is 25.1. The molecular weight excluding hydrogens is 235 g/mol. The fourth-order valence-electron chi connectivity index (χ4n) is 0.835. The zero-order chi connectivity index (χ0) is 10.2. The standard InChI is InChI=1S/2C5H5NO.Mn/c2*7-4-5-2-1-3-6-5;/h2*1-4,6H;. The van der Waals surface area contributed by atoms with Crippen molar-refractivity contribution < 1.29 is 26.7 Å². The molecule has 2 N–H and O–H groups in total. The number of carbonyl (C=O) groups excluding carboxylic acids is 2. The van der Waals surface area contributed by atoms with Gasteiger partial charge in [0.2, 0.25) is 0 Å². The molecule has 5 heteroatoms. The minimum Gasteiger partial charge on any atom is -0.359 e. The Morgan fingerprint density at radius 1 is 0.867 bits per heavy atom. The van der Waals surface area contributed by atoms with E-state index < -0.39 is 0 Å². The van der Waals surface area contributed by atoms with Gasteiger partial charge in [-0.25, -0.2) is 0 Å². The van der Waals surface area contributed by atoms with Crippen molar-refractivity contribution in [3.63, 3.8) is 0 Å². The van der Waals surface area contributed by atoms with E-state index in [0.29, 0.717) is 11.4 Å². The van der Waals surface area contributed by atoms with Gasteiger partial charge in [0, 0.05) is 29.5 Å². The predicted molar refractivity (Wildman–Crippen MR) is 52.4 cm³/mol. The molecule has 0 saturated carbocycles. The number of hydrogen-bond donors (Lipinski definition) is 2. The summed E-state index contributed by atoms with van der Waals surface area (Å²) in [5, 5.41) is 0. The van der Waals surface area contributed by atoms with E-state index in [1.807, 2.05) is 0 Å². The van der Waals surface area contributed by atoms with Crippen LogP contribution in [0.25, 0.3) is 0 Å². The maximum Gasteiger partial charge on any atom is 0.166 e. The van der Waals surface area contributed by atoms with E-state index >= 15 is 0 Å². The Hall–Kier alpha value is -1.58. The molecule has 2 rings (SSSR count). The normalized spacial score (nSPS) is 8.00. The van der Waals surface area contributed by atoms with Gasteiger partial charge in [-0.05, 0) is 24.3 Å². The average molecular weight is 245 g/mol. The Balaban J connectivity index is 0.000000245. The SMILES string of the molecule is O=Cc1ccc[nH]1.O=Cc1ccc[nH]1.[Mn]. The van der Waals surface area contributed by atoms with Gasteiger partial charge < -0.3 is 9.97 Å². The summed E-state index contributed by atoms with van der Waals surface area (Å²) >= 11 is 0. The van der Waals surface area contributed by atoms with E-state index in [-0.39, 0.29) is 17.1 Å². The quantitative estimate of drug-likeness (QED) is 0.624. The third-order valence-corrected chi connectivity index (χ3v) is 1.50. The van der Waals surface area contributed by atoms with Crippen molar-refractivity contribution >= 4 is 12.6 Å². The van der Waals surface area contributed by atoms with Gasteiger partial charge in [0.1, 0.15) is 0 Å². The van der Waals surface area contributed by atoms with Crippen LogP contribution in [-0.2, 0) is 17.1 Å². The van der Waals surface area contributed by atoms with E-state index in [0.717, 1.165) is 12.6 Å². The number of hydrogen-bond acceptors (Lipinski definition) is 2. The van der Waals surface area contributed by atoms with E-state index in [2.05, 4.69) is 9.97 Å². The maximum absolute atomic E-state index is 9.84. The number of carbonyl (C=O) groups is 2. The summed E-state index contributed by atoms with van der Waals surface area (Å²) in [6.45, 7) is 0. The molecule has 1 radical (unpaired) electrons. The van der Waals surface area contributed by atoms with Crippen LogP contribution in [0.1, 0.15) is 21.0 Å². The van der Waals surface area contributed by atoms with Gasteiger partial charge in [-0.3, -0.25) is 9.59 Å². The van der Waals surface area contributed by atoms with Crippen molar-refractivity contribution in [2.24, 2.45) is 0 Å². The smallest absolute Gasteiger partial charge is 0.166 e. The van der Waals surface area contributed by atoms with Crippen LogP contribution in [0.15, 0.2) is 36.7 Å². The van der Waals surface area contributed by atoms with Crippen molar-refractivity contribution in [1.29, 1.82) is 0 Å². The molecule has 79 valence electrons. The van der Waals surface area contributed by atoms with Gasteiger partial charge in [-0.2, -0.15) is 0 Å². The van der Waals surface area contributed by atoms with Crippen LogP contribution in [0, 0.1) is 0 Å². The van der Waals surface area contributed by atoms with Gasteiger partial charge in [0.05, 0.1) is 11.4 Å². The monoisotopic (exact) mass is 245 g/mol. The summed E-state index contributed by atoms with van der Waals surface area (Å²) < 4.78 is 0. The van der Waals surface area contributed by atoms with Crippen LogP contribution < -0.4 is 0 Å². The van der Waals surface area contributed by atoms with E-state index in [1.54, 1.807) is 36.7 Å². The summed E-state index contributed by atoms with van der Waals surface area (Å²) in [5.74, 6) is 0. The van der Waals surface area contributed by atoms with E-state index in [9.17, 15) is 9.59 Å². The Morgan fingerprint density at radius 2 is 1.27 bits per heavy atom. The first kappa shape index (κ1) is 13.4. The third-order valence-electron chi connectivity index (χ3n) is 1.50. The predicted octanol–water partition coefficient (Wildman–Crippen LogP) is 1.65. The largest absolute Gasteiger partial charge is 0.359 e. The van der Waals surface area contributed by atoms with Crippen molar-refractivity contribution in [3.8, 4) is 0 Å². The molecule has 2 heterocycles. The number of rotatable bonds is 2. The first-order chi connectivity index (χ1) is 6.86. The van der Waals surface area contributed by atoms with E-state index in [4.69, 9.17) is 0 Å². The molecule has 0 aliphatic rings. The van der Waals surface area contributed by atoms with Crippen molar-refractivity contribution in [3.05, 3.63) is 48.0 Å². The second-order valence-corrected chi connectivity index (χ2v) is 2.49. The summed E-state index contributed by atoms with van der Waals surface area (Å²) in [5.41, 5.74) is 1.25. The van der Waals surface area contributed by atoms with Gasteiger partial charge in [-0.1, -0.05) is 0 Å². The summed E-state index contributed by atoms with van der Waals surface area (Å²) in [6, 6.07) is 6.99. The number of nitrogens with one attached hydrogen (secondary N) is 2. The molecule has 0 spiro atoms. The van der Waals surface area contributed by atoms with Crippen LogP contribution in [0.3, 0.4) is 0 Å². The summed E-state index contributed by atoms with van der Waals surface area (Å²) in [6.07, 6.45) is 4.98. The Morgan fingerprint density at radius 3 is 1.40 bits per heavy atom. The van der Waals surface area contributed by atoms with Crippen molar-refractivity contribution in [1.82, 2.24) is 9.97 Å². The first-order valence-electron chi connectivity index (χ1n) is 4.04. The number of aromatic nitrogens is 2. The fraction of sp³-hybridized carbons (Fsp3) is 0. The van der Waals surface area contributed by atoms with Crippen LogP contribution in [0.5, 0.6) is 0 Å². The molecule has 4 nitrogen and oxygen atoms in total. The molecule has 0 aromatic carbocycles. The molecule has 0 aliphatic heterocycles. The molecule has 0 atom stereocenters. The van der Waals surface area contributed by atoms with Crippen LogP contribution in [0.2, 0.25) is 0 Å². The maximum atomic E-state index is 9.84. The minimum absolute atomic E-state index is 0. The van der Waals surface area contributed by atoms with Gasteiger partial charge in [0.15, 0.2) is 12.6 Å². The molecule has 2 aromatic heterocycles. The van der Waals surface area contributed by atoms with Crippen LogP contribution in [0.4, 0.5) is 0 Å². The molecule has 15 heavy (non-hydrogen) atoms. The second kappa shape index (κ2) is 7.79. The zero-order valence-electron chi connectivity index (χ0n) is 7.81. The Bertz CT molecular complexity index is 330.